The minimum Gasteiger partial charge on any atom is -0.455 e. The molecule has 8 nitrogen and oxygen atoms in total. The van der Waals surface area contributed by atoms with Crippen LogP contribution in [0, 0.1) is 0 Å². The number of hydrogen-bond donors (Lipinski definition) is 1. The van der Waals surface area contributed by atoms with E-state index in [4.69, 9.17) is 32.5 Å². The minimum absolute atomic E-state index is 0.132. The topological polar surface area (TPSA) is 107 Å². The second-order valence-electron chi connectivity index (χ2n) is 4.81. The number of H-pyrrole nitrogens is 1. The number of carbonyl (C=O) groups is 1. The first-order chi connectivity index (χ1) is 11.6. The van der Waals surface area contributed by atoms with Gasteiger partial charge >= 0.3 is 5.97 Å². The molecule has 1 N–H and O–H groups in total. The van der Waals surface area contributed by atoms with Crippen LogP contribution in [0.25, 0.3) is 11.6 Å². The SMILES string of the molecule is CC(C(=O)OCc1nc(-c2ncn[nH]2)no1)c1c(Cl)cccc1Cl. The smallest absolute Gasteiger partial charge is 0.313 e. The predicted octanol–water partition coefficient (Wildman–Crippen LogP) is 3.01. The molecule has 0 aliphatic heterocycles. The van der Waals surface area contributed by atoms with Gasteiger partial charge in [-0.05, 0) is 19.1 Å². The van der Waals surface area contributed by atoms with Gasteiger partial charge in [-0.15, -0.1) is 0 Å². The highest BCUT2D eigenvalue weighted by Gasteiger charge is 2.23. The molecule has 1 unspecified atom stereocenters. The van der Waals surface area contributed by atoms with Crippen LogP contribution in [-0.4, -0.2) is 31.3 Å². The number of ether oxygens (including phenoxy) is 1. The van der Waals surface area contributed by atoms with Gasteiger partial charge in [0.15, 0.2) is 12.4 Å². The number of benzene rings is 1. The van der Waals surface area contributed by atoms with Gasteiger partial charge in [-0.25, -0.2) is 4.98 Å². The lowest BCUT2D eigenvalue weighted by Crippen LogP contribution is -2.14. The number of rotatable bonds is 5. The molecule has 0 saturated heterocycles. The largest absolute Gasteiger partial charge is 0.455 e. The maximum absolute atomic E-state index is 12.2. The van der Waals surface area contributed by atoms with Crippen LogP contribution in [-0.2, 0) is 16.1 Å². The monoisotopic (exact) mass is 367 g/mol. The van der Waals surface area contributed by atoms with Crippen molar-refractivity contribution in [2.75, 3.05) is 0 Å². The molecule has 1 atom stereocenters. The molecule has 1 aromatic carbocycles. The minimum atomic E-state index is -0.636. The normalized spacial score (nSPS) is 12.1. The molecular weight excluding hydrogens is 357 g/mol. The first-order valence-corrected chi connectivity index (χ1v) is 7.60. The van der Waals surface area contributed by atoms with Crippen LogP contribution in [0.4, 0.5) is 0 Å². The maximum atomic E-state index is 12.2. The van der Waals surface area contributed by atoms with E-state index < -0.39 is 11.9 Å². The summed E-state index contributed by atoms with van der Waals surface area (Å²) < 4.78 is 10.2. The number of esters is 1. The Hall–Kier alpha value is -2.45. The third kappa shape index (κ3) is 3.39. The quantitative estimate of drug-likeness (QED) is 0.690. The van der Waals surface area contributed by atoms with Crippen molar-refractivity contribution >= 4 is 29.2 Å². The summed E-state index contributed by atoms with van der Waals surface area (Å²) in [6.45, 7) is 1.48. The molecule has 0 radical (unpaired) electrons. The lowest BCUT2D eigenvalue weighted by atomic mass is 10.0. The first-order valence-electron chi connectivity index (χ1n) is 6.85. The molecule has 0 aliphatic carbocycles. The Morgan fingerprint density at radius 2 is 2.12 bits per heavy atom. The third-order valence-corrected chi connectivity index (χ3v) is 3.88. The Balaban J connectivity index is 1.65. The van der Waals surface area contributed by atoms with Crippen LogP contribution in [0.5, 0.6) is 0 Å². The molecular formula is C14H11Cl2N5O3. The molecule has 0 aliphatic rings. The number of aromatic nitrogens is 5. The summed E-state index contributed by atoms with van der Waals surface area (Å²) >= 11 is 12.2. The number of nitrogens with one attached hydrogen (secondary N) is 1. The van der Waals surface area contributed by atoms with E-state index in [9.17, 15) is 4.79 Å². The van der Waals surface area contributed by atoms with Crippen molar-refractivity contribution in [3.8, 4) is 11.6 Å². The van der Waals surface area contributed by atoms with Gasteiger partial charge in [0.25, 0.3) is 5.89 Å². The summed E-state index contributed by atoms with van der Waals surface area (Å²) in [6, 6.07) is 5.03. The molecule has 0 spiro atoms. The van der Waals surface area contributed by atoms with E-state index in [1.807, 2.05) is 0 Å². The maximum Gasteiger partial charge on any atom is 0.313 e. The highest BCUT2D eigenvalue weighted by Crippen LogP contribution is 2.32. The molecule has 0 amide bonds. The van der Waals surface area contributed by atoms with Crippen molar-refractivity contribution in [1.29, 1.82) is 0 Å². The van der Waals surface area contributed by atoms with E-state index in [2.05, 4.69) is 25.3 Å². The second-order valence-corrected chi connectivity index (χ2v) is 5.62. The average Bonchev–Trinajstić information content (AvgIpc) is 3.23. The first kappa shape index (κ1) is 16.4. The van der Waals surface area contributed by atoms with Crippen molar-refractivity contribution in [3.05, 3.63) is 46.0 Å². The van der Waals surface area contributed by atoms with Crippen LogP contribution in [0.3, 0.4) is 0 Å². The van der Waals surface area contributed by atoms with E-state index >= 15 is 0 Å². The number of nitrogens with zero attached hydrogens (tertiary/aromatic N) is 4. The van der Waals surface area contributed by atoms with Crippen molar-refractivity contribution in [3.63, 3.8) is 0 Å². The van der Waals surface area contributed by atoms with E-state index in [-0.39, 0.29) is 18.3 Å². The van der Waals surface area contributed by atoms with Gasteiger partial charge in [-0.3, -0.25) is 9.89 Å². The van der Waals surface area contributed by atoms with Crippen LogP contribution >= 0.6 is 23.2 Å². The van der Waals surface area contributed by atoms with Crippen LogP contribution < -0.4 is 0 Å². The summed E-state index contributed by atoms with van der Waals surface area (Å²) in [6.07, 6.45) is 1.32. The zero-order valence-electron chi connectivity index (χ0n) is 12.4. The number of aromatic amines is 1. The van der Waals surface area contributed by atoms with Gasteiger partial charge in [0, 0.05) is 15.6 Å². The predicted molar refractivity (Wildman–Crippen MR) is 84.3 cm³/mol. The van der Waals surface area contributed by atoms with Crippen LogP contribution in [0.1, 0.15) is 24.3 Å². The molecule has 10 heteroatoms. The van der Waals surface area contributed by atoms with Gasteiger partial charge in [0.1, 0.15) is 6.33 Å². The van der Waals surface area contributed by atoms with Gasteiger partial charge in [-0.1, -0.05) is 34.4 Å². The molecule has 0 bridgehead atoms. The van der Waals surface area contributed by atoms with Crippen molar-refractivity contribution < 1.29 is 14.1 Å². The average molecular weight is 368 g/mol. The highest BCUT2D eigenvalue weighted by molar-refractivity contribution is 6.36. The highest BCUT2D eigenvalue weighted by atomic mass is 35.5. The summed E-state index contributed by atoms with van der Waals surface area (Å²) in [5.74, 6) is -0.437. The fourth-order valence-electron chi connectivity index (χ4n) is 2.02. The van der Waals surface area contributed by atoms with Gasteiger partial charge < -0.3 is 9.26 Å². The summed E-state index contributed by atoms with van der Waals surface area (Å²) in [7, 11) is 0. The molecule has 0 saturated carbocycles. The number of halogens is 2. The molecule has 124 valence electrons. The summed E-state index contributed by atoms with van der Waals surface area (Å²) in [4.78, 5) is 20.1. The van der Waals surface area contributed by atoms with Crippen molar-refractivity contribution in [2.24, 2.45) is 0 Å². The molecule has 24 heavy (non-hydrogen) atoms. The van der Waals surface area contributed by atoms with Crippen LogP contribution in [0.15, 0.2) is 29.0 Å². The molecule has 0 fully saturated rings. The van der Waals surface area contributed by atoms with Gasteiger partial charge in [-0.2, -0.15) is 10.1 Å². The van der Waals surface area contributed by atoms with Gasteiger partial charge in [0.05, 0.1) is 5.92 Å². The fraction of sp³-hybridized carbons (Fsp3) is 0.214. The number of carbonyl (C=O) groups excluding carboxylic acids is 1. The van der Waals surface area contributed by atoms with Gasteiger partial charge in [0.2, 0.25) is 5.82 Å². The van der Waals surface area contributed by atoms with Crippen molar-refractivity contribution in [1.82, 2.24) is 25.3 Å². The van der Waals surface area contributed by atoms with E-state index in [0.29, 0.717) is 21.4 Å². The molecule has 2 aromatic heterocycles. The lowest BCUT2D eigenvalue weighted by molar-refractivity contribution is -0.147. The fourth-order valence-corrected chi connectivity index (χ4v) is 2.75. The Morgan fingerprint density at radius 1 is 1.38 bits per heavy atom. The van der Waals surface area contributed by atoms with E-state index in [1.54, 1.807) is 25.1 Å². The zero-order chi connectivity index (χ0) is 17.1. The van der Waals surface area contributed by atoms with Crippen LogP contribution in [0.2, 0.25) is 10.0 Å². The Labute approximate surface area is 146 Å². The third-order valence-electron chi connectivity index (χ3n) is 3.22. The van der Waals surface area contributed by atoms with E-state index in [0.717, 1.165) is 0 Å². The standard InChI is InChI=1S/C14H11Cl2N5O3/c1-7(11-8(15)3-2-4-9(11)16)14(22)23-5-10-19-13(21-24-10)12-17-6-18-20-12/h2-4,6-7H,5H2,1H3,(H,17,18,20). The summed E-state index contributed by atoms with van der Waals surface area (Å²) in [5, 5.41) is 10.8. The Kier molecular flexibility index (Phi) is 4.77. The molecule has 3 aromatic rings. The van der Waals surface area contributed by atoms with Crippen molar-refractivity contribution in [2.45, 2.75) is 19.4 Å². The zero-order valence-corrected chi connectivity index (χ0v) is 13.9. The van der Waals surface area contributed by atoms with E-state index in [1.165, 1.54) is 6.33 Å². The number of hydrogen-bond acceptors (Lipinski definition) is 7. The Morgan fingerprint density at radius 3 is 2.79 bits per heavy atom. The Bertz CT molecular complexity index is 830. The lowest BCUT2D eigenvalue weighted by Gasteiger charge is -2.13. The second kappa shape index (κ2) is 6.98. The molecule has 2 heterocycles. The molecule has 3 rings (SSSR count). The summed E-state index contributed by atoms with van der Waals surface area (Å²) in [5.41, 5.74) is 0.513.